The Bertz CT molecular complexity index is 1310. The normalized spacial score (nSPS) is 11.0. The van der Waals surface area contributed by atoms with Gasteiger partial charge in [-0.2, -0.15) is 0 Å². The second-order valence-corrected chi connectivity index (χ2v) is 9.17. The van der Waals surface area contributed by atoms with Crippen molar-refractivity contribution in [2.45, 2.75) is 40.5 Å². The Morgan fingerprint density at radius 2 is 1.79 bits per heavy atom. The minimum atomic E-state index is -0.161. The minimum absolute atomic E-state index is 0.0256. The topological polar surface area (TPSA) is 64.4 Å². The second kappa shape index (κ2) is 10.0. The third-order valence-corrected chi connectivity index (χ3v) is 6.86. The van der Waals surface area contributed by atoms with E-state index < -0.39 is 0 Å². The number of aryl methyl sites for hydroxylation is 2. The lowest BCUT2D eigenvalue weighted by Crippen LogP contribution is -2.36. The number of nitrogens with zero attached hydrogens (tertiary/aromatic N) is 3. The summed E-state index contributed by atoms with van der Waals surface area (Å²) in [5, 5.41) is 0.613. The number of benzene rings is 2. The highest BCUT2D eigenvalue weighted by molar-refractivity contribution is 7.18. The van der Waals surface area contributed by atoms with Crippen LogP contribution in [0.3, 0.4) is 0 Å². The molecule has 0 aliphatic carbocycles. The predicted molar refractivity (Wildman–Crippen MR) is 132 cm³/mol. The van der Waals surface area contributed by atoms with E-state index in [1.165, 1.54) is 22.2 Å². The Kier molecular flexibility index (Phi) is 6.89. The standard InChI is InChI=1S/C26H27N3O3S/c1-4-28(14-20-10-12-22(13-11-20)32-16-21-8-6-5-7-9-21)23(30)15-29-17-27-25-24(26(29)31)18(2)19(3)33-25/h5-13,17H,4,14-16H2,1-3H3. The number of carbonyl (C=O) groups excluding carboxylic acids is 1. The lowest BCUT2D eigenvalue weighted by molar-refractivity contribution is -0.132. The van der Waals surface area contributed by atoms with E-state index in [2.05, 4.69) is 4.98 Å². The maximum atomic E-state index is 13.0. The number of likely N-dealkylation sites (N-methyl/N-ethyl adjacent to an activating group) is 1. The van der Waals surface area contributed by atoms with Gasteiger partial charge in [-0.05, 0) is 49.6 Å². The average Bonchev–Trinajstić information content (AvgIpc) is 3.13. The summed E-state index contributed by atoms with van der Waals surface area (Å²) in [4.78, 5) is 33.8. The van der Waals surface area contributed by atoms with Crippen LogP contribution in [-0.2, 0) is 24.5 Å². The quantitative estimate of drug-likeness (QED) is 0.381. The summed E-state index contributed by atoms with van der Waals surface area (Å²) < 4.78 is 7.25. The van der Waals surface area contributed by atoms with Crippen LogP contribution in [0.5, 0.6) is 5.75 Å². The van der Waals surface area contributed by atoms with Crippen molar-refractivity contribution in [3.05, 3.63) is 92.8 Å². The van der Waals surface area contributed by atoms with Gasteiger partial charge in [0.15, 0.2) is 0 Å². The number of rotatable bonds is 8. The van der Waals surface area contributed by atoms with Crippen LogP contribution >= 0.6 is 11.3 Å². The molecule has 0 spiro atoms. The molecule has 4 rings (SSSR count). The van der Waals surface area contributed by atoms with Gasteiger partial charge in [0.2, 0.25) is 5.91 Å². The molecule has 1 amide bonds. The number of amides is 1. The summed E-state index contributed by atoms with van der Waals surface area (Å²) in [6, 6.07) is 17.8. The molecule has 2 aromatic heterocycles. The Morgan fingerprint density at radius 3 is 2.48 bits per heavy atom. The molecular formula is C26H27N3O3S. The van der Waals surface area contributed by atoms with Crippen molar-refractivity contribution in [1.29, 1.82) is 0 Å². The van der Waals surface area contributed by atoms with Crippen LogP contribution in [0.25, 0.3) is 10.2 Å². The third-order valence-electron chi connectivity index (χ3n) is 5.74. The molecule has 2 aromatic carbocycles. The highest BCUT2D eigenvalue weighted by atomic mass is 32.1. The highest BCUT2D eigenvalue weighted by Crippen LogP contribution is 2.25. The first-order valence-electron chi connectivity index (χ1n) is 10.9. The molecule has 0 saturated heterocycles. The van der Waals surface area contributed by atoms with Crippen LogP contribution in [-0.4, -0.2) is 26.9 Å². The largest absolute Gasteiger partial charge is 0.489 e. The Morgan fingerprint density at radius 1 is 1.06 bits per heavy atom. The van der Waals surface area contributed by atoms with Gasteiger partial charge in [0.1, 0.15) is 23.7 Å². The van der Waals surface area contributed by atoms with Crippen molar-refractivity contribution < 1.29 is 9.53 Å². The molecular weight excluding hydrogens is 434 g/mol. The lowest BCUT2D eigenvalue weighted by atomic mass is 10.2. The Labute approximate surface area is 197 Å². The molecule has 4 aromatic rings. The summed E-state index contributed by atoms with van der Waals surface area (Å²) in [6.45, 7) is 7.34. The molecule has 0 fully saturated rings. The number of hydrogen-bond acceptors (Lipinski definition) is 5. The van der Waals surface area contributed by atoms with Crippen LogP contribution < -0.4 is 10.3 Å². The van der Waals surface area contributed by atoms with Crippen molar-refractivity contribution in [3.63, 3.8) is 0 Å². The molecule has 33 heavy (non-hydrogen) atoms. The maximum Gasteiger partial charge on any atom is 0.262 e. The van der Waals surface area contributed by atoms with Crippen LogP contribution in [0.4, 0.5) is 0 Å². The average molecular weight is 462 g/mol. The minimum Gasteiger partial charge on any atom is -0.489 e. The number of carbonyl (C=O) groups is 1. The van der Waals surface area contributed by atoms with E-state index in [1.54, 1.807) is 4.90 Å². The van der Waals surface area contributed by atoms with E-state index in [-0.39, 0.29) is 18.0 Å². The summed E-state index contributed by atoms with van der Waals surface area (Å²) in [5.74, 6) is 0.666. The van der Waals surface area contributed by atoms with Crippen LogP contribution in [0.15, 0.2) is 65.7 Å². The highest BCUT2D eigenvalue weighted by Gasteiger charge is 2.17. The molecule has 7 heteroatoms. The number of aromatic nitrogens is 2. The number of ether oxygens (including phenoxy) is 1. The first-order chi connectivity index (χ1) is 16.0. The van der Waals surface area contributed by atoms with E-state index in [0.717, 1.165) is 32.1 Å². The zero-order valence-corrected chi connectivity index (χ0v) is 19.9. The summed E-state index contributed by atoms with van der Waals surface area (Å²) in [6.07, 6.45) is 1.48. The summed E-state index contributed by atoms with van der Waals surface area (Å²) in [5.41, 5.74) is 2.89. The Hall–Kier alpha value is -3.45. The van der Waals surface area contributed by atoms with Gasteiger partial charge >= 0.3 is 0 Å². The van der Waals surface area contributed by atoms with Gasteiger partial charge in [-0.3, -0.25) is 14.2 Å². The van der Waals surface area contributed by atoms with Crippen molar-refractivity contribution in [2.75, 3.05) is 6.54 Å². The molecule has 0 bridgehead atoms. The smallest absolute Gasteiger partial charge is 0.262 e. The van der Waals surface area contributed by atoms with E-state index >= 15 is 0 Å². The van der Waals surface area contributed by atoms with Crippen molar-refractivity contribution >= 4 is 27.5 Å². The zero-order valence-electron chi connectivity index (χ0n) is 19.1. The SMILES string of the molecule is CCN(Cc1ccc(OCc2ccccc2)cc1)C(=O)Cn1cnc2sc(C)c(C)c2c1=O. The van der Waals surface area contributed by atoms with E-state index in [4.69, 9.17) is 4.74 Å². The first-order valence-corrected chi connectivity index (χ1v) is 11.8. The molecule has 0 atom stereocenters. The molecule has 6 nitrogen and oxygen atoms in total. The monoisotopic (exact) mass is 461 g/mol. The van der Waals surface area contributed by atoms with E-state index in [0.29, 0.717) is 25.1 Å². The summed E-state index contributed by atoms with van der Waals surface area (Å²) >= 11 is 1.51. The zero-order chi connectivity index (χ0) is 23.4. The van der Waals surface area contributed by atoms with E-state index in [9.17, 15) is 9.59 Å². The fourth-order valence-electron chi connectivity index (χ4n) is 3.66. The lowest BCUT2D eigenvalue weighted by Gasteiger charge is -2.21. The van der Waals surface area contributed by atoms with Crippen molar-refractivity contribution in [3.8, 4) is 5.75 Å². The predicted octanol–water partition coefficient (Wildman–Crippen LogP) is 4.70. The summed E-state index contributed by atoms with van der Waals surface area (Å²) in [7, 11) is 0. The number of hydrogen-bond donors (Lipinski definition) is 0. The fraction of sp³-hybridized carbons (Fsp3) is 0.269. The third kappa shape index (κ3) is 5.14. The van der Waals surface area contributed by atoms with Gasteiger partial charge in [0.25, 0.3) is 5.56 Å². The van der Waals surface area contributed by atoms with Gasteiger partial charge in [0.05, 0.1) is 11.7 Å². The number of thiophene rings is 1. The molecule has 2 heterocycles. The number of fused-ring (bicyclic) bond motifs is 1. The maximum absolute atomic E-state index is 13.0. The molecule has 0 saturated carbocycles. The van der Waals surface area contributed by atoms with E-state index in [1.807, 2.05) is 75.4 Å². The van der Waals surface area contributed by atoms with Gasteiger partial charge in [-0.25, -0.2) is 4.98 Å². The molecule has 0 aliphatic heterocycles. The molecule has 0 radical (unpaired) electrons. The van der Waals surface area contributed by atoms with Gasteiger partial charge < -0.3 is 9.64 Å². The van der Waals surface area contributed by atoms with Gasteiger partial charge in [-0.15, -0.1) is 11.3 Å². The van der Waals surface area contributed by atoms with Crippen LogP contribution in [0, 0.1) is 13.8 Å². The molecule has 0 N–H and O–H groups in total. The molecule has 0 unspecified atom stereocenters. The van der Waals surface area contributed by atoms with Crippen LogP contribution in [0.2, 0.25) is 0 Å². The molecule has 0 aliphatic rings. The fourth-order valence-corrected chi connectivity index (χ4v) is 4.64. The van der Waals surface area contributed by atoms with Crippen molar-refractivity contribution in [2.24, 2.45) is 0 Å². The first kappa shape index (κ1) is 22.7. The van der Waals surface area contributed by atoms with Gasteiger partial charge in [0, 0.05) is 18.0 Å². The van der Waals surface area contributed by atoms with Crippen molar-refractivity contribution in [1.82, 2.24) is 14.5 Å². The Balaban J connectivity index is 1.41. The van der Waals surface area contributed by atoms with Crippen LogP contribution in [0.1, 0.15) is 28.5 Å². The molecule has 170 valence electrons. The van der Waals surface area contributed by atoms with Gasteiger partial charge in [-0.1, -0.05) is 42.5 Å². The second-order valence-electron chi connectivity index (χ2n) is 7.97.